The molecule has 3 aromatic rings. The molecule has 0 amide bonds. The van der Waals surface area contributed by atoms with Crippen LogP contribution in [0.4, 0.5) is 5.82 Å². The van der Waals surface area contributed by atoms with E-state index in [0.717, 1.165) is 28.3 Å². The predicted octanol–water partition coefficient (Wildman–Crippen LogP) is 2.72. The van der Waals surface area contributed by atoms with Gasteiger partial charge in [-0.3, -0.25) is 9.36 Å². The largest absolute Gasteiger partial charge is 0.496 e. The van der Waals surface area contributed by atoms with E-state index in [1.807, 2.05) is 39.0 Å². The van der Waals surface area contributed by atoms with Crippen LogP contribution in [0.1, 0.15) is 22.4 Å². The van der Waals surface area contributed by atoms with Crippen molar-refractivity contribution in [3.63, 3.8) is 0 Å². The van der Waals surface area contributed by atoms with Gasteiger partial charge in [0.2, 0.25) is 0 Å². The Labute approximate surface area is 145 Å². The van der Waals surface area contributed by atoms with Gasteiger partial charge in [0.25, 0.3) is 5.56 Å². The topological polar surface area (TPSA) is 86.0 Å². The summed E-state index contributed by atoms with van der Waals surface area (Å²) < 4.78 is 8.74. The van der Waals surface area contributed by atoms with E-state index in [1.165, 1.54) is 4.57 Å². The highest BCUT2D eigenvalue weighted by Gasteiger charge is 2.23. The second kappa shape index (κ2) is 5.71. The van der Waals surface area contributed by atoms with Gasteiger partial charge in [0.05, 0.1) is 23.7 Å². The molecule has 0 saturated carbocycles. The van der Waals surface area contributed by atoms with Crippen molar-refractivity contribution in [2.75, 3.05) is 12.8 Å². The fourth-order valence-electron chi connectivity index (χ4n) is 3.32. The fraction of sp³-hybridized carbons (Fsp3) is 0.263. The number of ether oxygens (including phenoxy) is 1. The lowest BCUT2D eigenvalue weighted by atomic mass is 10.1. The number of nitrogens with two attached hydrogens (primary N) is 1. The van der Waals surface area contributed by atoms with E-state index < -0.39 is 0 Å². The molecule has 6 nitrogen and oxygen atoms in total. The number of pyridine rings is 1. The molecule has 6 heteroatoms. The number of hydrogen-bond donors (Lipinski definition) is 1. The van der Waals surface area contributed by atoms with Gasteiger partial charge in [0.1, 0.15) is 23.2 Å². The molecule has 2 aromatic heterocycles. The minimum absolute atomic E-state index is 0.206. The summed E-state index contributed by atoms with van der Waals surface area (Å²) in [6.07, 6.45) is 0. The van der Waals surface area contributed by atoms with E-state index in [-0.39, 0.29) is 16.9 Å². The zero-order chi connectivity index (χ0) is 18.5. The van der Waals surface area contributed by atoms with E-state index in [2.05, 4.69) is 6.07 Å². The van der Waals surface area contributed by atoms with Gasteiger partial charge < -0.3 is 15.0 Å². The third-order valence-electron chi connectivity index (χ3n) is 4.78. The summed E-state index contributed by atoms with van der Waals surface area (Å²) in [6.45, 7) is 5.76. The number of rotatable bonds is 2. The van der Waals surface area contributed by atoms with E-state index in [0.29, 0.717) is 10.9 Å². The zero-order valence-corrected chi connectivity index (χ0v) is 15.0. The fourth-order valence-corrected chi connectivity index (χ4v) is 3.32. The first kappa shape index (κ1) is 16.7. The highest BCUT2D eigenvalue weighted by molar-refractivity contribution is 5.94. The van der Waals surface area contributed by atoms with Gasteiger partial charge in [-0.1, -0.05) is 6.07 Å². The quantitative estimate of drug-likeness (QED) is 0.779. The number of hydrogen-bond acceptors (Lipinski definition) is 4. The summed E-state index contributed by atoms with van der Waals surface area (Å²) in [4.78, 5) is 12.7. The van der Waals surface area contributed by atoms with Gasteiger partial charge in [-0.15, -0.1) is 0 Å². The van der Waals surface area contributed by atoms with Crippen LogP contribution in [-0.2, 0) is 7.05 Å². The van der Waals surface area contributed by atoms with Crippen LogP contribution in [0.3, 0.4) is 0 Å². The second-order valence-corrected chi connectivity index (χ2v) is 6.18. The molecule has 1 aromatic carbocycles. The molecule has 0 fully saturated rings. The van der Waals surface area contributed by atoms with Gasteiger partial charge in [-0.05, 0) is 38.5 Å². The molecule has 0 spiro atoms. The number of benzene rings is 1. The molecule has 128 valence electrons. The number of nitriles is 1. The van der Waals surface area contributed by atoms with Crippen molar-refractivity contribution in [3.8, 4) is 17.5 Å². The maximum Gasteiger partial charge on any atom is 0.261 e. The van der Waals surface area contributed by atoms with Crippen LogP contribution in [0, 0.1) is 32.1 Å². The van der Waals surface area contributed by atoms with E-state index in [9.17, 15) is 10.1 Å². The van der Waals surface area contributed by atoms with E-state index in [4.69, 9.17) is 10.5 Å². The maximum atomic E-state index is 12.7. The standard InChI is InChI=1S/C19H20N4O2/c1-10-6-7-15(25-5)12(3)17(10)23-14-8-11(2)22(4)19(24)16(14)13(9-20)18(23)21/h6-8H,21H2,1-5H3. The van der Waals surface area contributed by atoms with Crippen LogP contribution < -0.4 is 16.0 Å². The Balaban J connectivity index is 2.59. The molecule has 0 radical (unpaired) electrons. The Morgan fingerprint density at radius 2 is 1.92 bits per heavy atom. The molecular formula is C19H20N4O2. The number of fused-ring (bicyclic) bond motifs is 1. The van der Waals surface area contributed by atoms with Crippen LogP contribution in [0.2, 0.25) is 0 Å². The molecule has 3 rings (SSSR count). The zero-order valence-electron chi connectivity index (χ0n) is 15.0. The molecule has 0 saturated heterocycles. The number of anilines is 1. The molecule has 0 unspecified atom stereocenters. The highest BCUT2D eigenvalue weighted by Crippen LogP contribution is 2.35. The van der Waals surface area contributed by atoms with E-state index >= 15 is 0 Å². The Morgan fingerprint density at radius 1 is 1.24 bits per heavy atom. The van der Waals surface area contributed by atoms with Crippen molar-refractivity contribution in [2.45, 2.75) is 20.8 Å². The van der Waals surface area contributed by atoms with Crippen molar-refractivity contribution < 1.29 is 4.74 Å². The van der Waals surface area contributed by atoms with Gasteiger partial charge >= 0.3 is 0 Å². The van der Waals surface area contributed by atoms with Crippen LogP contribution in [0.5, 0.6) is 5.75 Å². The third-order valence-corrected chi connectivity index (χ3v) is 4.78. The number of methoxy groups -OCH3 is 1. The first-order valence-corrected chi connectivity index (χ1v) is 7.88. The second-order valence-electron chi connectivity index (χ2n) is 6.18. The third kappa shape index (κ3) is 2.20. The Bertz CT molecular complexity index is 1110. The SMILES string of the molecule is COc1ccc(C)c(-n2c(N)c(C#N)c3c(=O)n(C)c(C)cc32)c1C. The summed E-state index contributed by atoms with van der Waals surface area (Å²) in [7, 11) is 3.30. The number of aromatic nitrogens is 2. The maximum absolute atomic E-state index is 12.7. The monoisotopic (exact) mass is 336 g/mol. The summed E-state index contributed by atoms with van der Waals surface area (Å²) in [5.74, 6) is 0.987. The molecule has 0 aliphatic carbocycles. The first-order valence-electron chi connectivity index (χ1n) is 7.88. The minimum atomic E-state index is -0.227. The Hall–Kier alpha value is -3.20. The lowest BCUT2D eigenvalue weighted by Gasteiger charge is -2.17. The van der Waals surface area contributed by atoms with Crippen LogP contribution in [-0.4, -0.2) is 16.2 Å². The molecule has 2 heterocycles. The molecule has 0 atom stereocenters. The minimum Gasteiger partial charge on any atom is -0.496 e. The van der Waals surface area contributed by atoms with Crippen molar-refractivity contribution in [2.24, 2.45) is 7.05 Å². The van der Waals surface area contributed by atoms with Crippen LogP contribution in [0.15, 0.2) is 23.0 Å². The van der Waals surface area contributed by atoms with Gasteiger partial charge in [-0.2, -0.15) is 5.26 Å². The first-order chi connectivity index (χ1) is 11.8. The molecular weight excluding hydrogens is 316 g/mol. The molecule has 2 N–H and O–H groups in total. The summed E-state index contributed by atoms with van der Waals surface area (Å²) >= 11 is 0. The smallest absolute Gasteiger partial charge is 0.261 e. The number of nitrogen functional groups attached to an aromatic ring is 1. The lowest BCUT2D eigenvalue weighted by molar-refractivity contribution is 0.411. The number of aryl methyl sites for hydroxylation is 2. The highest BCUT2D eigenvalue weighted by atomic mass is 16.5. The molecule has 25 heavy (non-hydrogen) atoms. The van der Waals surface area contributed by atoms with Crippen molar-refractivity contribution in [1.82, 2.24) is 9.13 Å². The number of nitrogens with zero attached hydrogens (tertiary/aromatic N) is 3. The lowest BCUT2D eigenvalue weighted by Crippen LogP contribution is -2.19. The van der Waals surface area contributed by atoms with Gasteiger partial charge in [0, 0.05) is 18.3 Å². The van der Waals surface area contributed by atoms with E-state index in [1.54, 1.807) is 18.7 Å². The van der Waals surface area contributed by atoms with Crippen LogP contribution in [0.25, 0.3) is 16.6 Å². The van der Waals surface area contributed by atoms with Crippen molar-refractivity contribution >= 4 is 16.7 Å². The normalized spacial score (nSPS) is 10.9. The van der Waals surface area contributed by atoms with Crippen LogP contribution >= 0.6 is 0 Å². The predicted molar refractivity (Wildman–Crippen MR) is 98.4 cm³/mol. The average Bonchev–Trinajstić information content (AvgIpc) is 2.85. The Morgan fingerprint density at radius 3 is 2.52 bits per heavy atom. The van der Waals surface area contributed by atoms with Crippen molar-refractivity contribution in [3.05, 3.63) is 50.9 Å². The summed E-state index contributed by atoms with van der Waals surface area (Å²) in [5, 5.41) is 9.93. The molecule has 0 bridgehead atoms. The Kier molecular flexibility index (Phi) is 3.80. The summed E-state index contributed by atoms with van der Waals surface area (Å²) in [6, 6.07) is 7.81. The van der Waals surface area contributed by atoms with Gasteiger partial charge in [-0.25, -0.2) is 0 Å². The molecule has 0 aliphatic rings. The molecule has 0 aliphatic heterocycles. The van der Waals surface area contributed by atoms with Gasteiger partial charge in [0.15, 0.2) is 0 Å². The summed E-state index contributed by atoms with van der Waals surface area (Å²) in [5.41, 5.74) is 10.4. The average molecular weight is 336 g/mol. The van der Waals surface area contributed by atoms with Crippen molar-refractivity contribution in [1.29, 1.82) is 5.26 Å².